The van der Waals surface area contributed by atoms with Crippen LogP contribution in [-0.2, 0) is 4.79 Å². The van der Waals surface area contributed by atoms with Gasteiger partial charge in [-0.25, -0.2) is 14.4 Å². The van der Waals surface area contributed by atoms with Gasteiger partial charge >= 0.3 is 0 Å². The van der Waals surface area contributed by atoms with Gasteiger partial charge in [-0.1, -0.05) is 11.8 Å². The number of hydrogen-bond acceptors (Lipinski definition) is 6. The van der Waals surface area contributed by atoms with E-state index in [-0.39, 0.29) is 17.5 Å². The predicted octanol–water partition coefficient (Wildman–Crippen LogP) is 4.87. The standard InChI is InChI=1S/C21H17FN4O2S2/c1-28-17-8-6-16(7-9-17)26-18(14-2-4-15(22)5-3-14)12-24-21(26)30-13-19(27)25-20-23-10-11-29-20/h2-12H,13H2,1H3,(H,23,25,27). The van der Waals surface area contributed by atoms with Crippen LogP contribution in [0.4, 0.5) is 9.52 Å². The van der Waals surface area contributed by atoms with Gasteiger partial charge in [0.2, 0.25) is 5.91 Å². The molecule has 0 aliphatic heterocycles. The lowest BCUT2D eigenvalue weighted by Crippen LogP contribution is -2.14. The minimum absolute atomic E-state index is 0.164. The fraction of sp³-hybridized carbons (Fsp3) is 0.0952. The van der Waals surface area contributed by atoms with E-state index in [1.54, 1.807) is 37.0 Å². The van der Waals surface area contributed by atoms with Crippen LogP contribution in [0.2, 0.25) is 0 Å². The van der Waals surface area contributed by atoms with Crippen LogP contribution < -0.4 is 10.1 Å². The summed E-state index contributed by atoms with van der Waals surface area (Å²) in [5.41, 5.74) is 2.47. The molecule has 0 spiro atoms. The molecule has 4 aromatic rings. The lowest BCUT2D eigenvalue weighted by Gasteiger charge is -2.13. The molecule has 2 aromatic heterocycles. The first-order valence-electron chi connectivity index (χ1n) is 8.94. The number of hydrogen-bond donors (Lipinski definition) is 1. The van der Waals surface area contributed by atoms with Crippen LogP contribution in [-0.4, -0.2) is 33.3 Å². The van der Waals surface area contributed by atoms with Crippen molar-refractivity contribution in [3.8, 4) is 22.7 Å². The maximum absolute atomic E-state index is 13.4. The van der Waals surface area contributed by atoms with Crippen LogP contribution in [0.15, 0.2) is 71.5 Å². The van der Waals surface area contributed by atoms with Crippen LogP contribution in [0, 0.1) is 5.82 Å². The summed E-state index contributed by atoms with van der Waals surface area (Å²) in [4.78, 5) is 20.8. The minimum Gasteiger partial charge on any atom is -0.497 e. The molecular formula is C21H17FN4O2S2. The number of nitrogens with one attached hydrogen (secondary N) is 1. The molecule has 0 atom stereocenters. The molecule has 4 rings (SSSR count). The molecule has 0 unspecified atom stereocenters. The number of methoxy groups -OCH3 is 1. The van der Waals surface area contributed by atoms with Crippen molar-refractivity contribution >= 4 is 34.1 Å². The topological polar surface area (TPSA) is 69.0 Å². The molecule has 6 nitrogen and oxygen atoms in total. The number of benzene rings is 2. The first-order chi connectivity index (χ1) is 14.6. The van der Waals surface area contributed by atoms with Gasteiger partial charge < -0.3 is 10.1 Å². The Morgan fingerprint density at radius 2 is 1.93 bits per heavy atom. The first-order valence-corrected chi connectivity index (χ1v) is 10.8. The number of anilines is 1. The number of ether oxygens (including phenoxy) is 1. The molecule has 1 N–H and O–H groups in total. The van der Waals surface area contributed by atoms with Gasteiger partial charge in [-0.2, -0.15) is 0 Å². The van der Waals surface area contributed by atoms with Crippen molar-refractivity contribution in [1.82, 2.24) is 14.5 Å². The SMILES string of the molecule is COc1ccc(-n2c(-c3ccc(F)cc3)cnc2SCC(=O)Nc2nccs2)cc1. The summed E-state index contributed by atoms with van der Waals surface area (Å²) in [5, 5.41) is 5.77. The molecule has 9 heteroatoms. The van der Waals surface area contributed by atoms with Crippen molar-refractivity contribution in [2.45, 2.75) is 5.16 Å². The summed E-state index contributed by atoms with van der Waals surface area (Å²) in [6.07, 6.45) is 3.36. The molecule has 30 heavy (non-hydrogen) atoms. The first kappa shape index (κ1) is 20.1. The second-order valence-corrected chi connectivity index (χ2v) is 7.98. The summed E-state index contributed by atoms with van der Waals surface area (Å²) in [5.74, 6) is 0.444. The third kappa shape index (κ3) is 4.52. The number of rotatable bonds is 7. The van der Waals surface area contributed by atoms with Gasteiger partial charge in [0.05, 0.1) is 24.8 Å². The largest absolute Gasteiger partial charge is 0.497 e. The van der Waals surface area contributed by atoms with Crippen LogP contribution in [0.1, 0.15) is 0 Å². The van der Waals surface area contributed by atoms with E-state index >= 15 is 0 Å². The highest BCUT2D eigenvalue weighted by molar-refractivity contribution is 7.99. The molecule has 152 valence electrons. The minimum atomic E-state index is -0.303. The van der Waals surface area contributed by atoms with Gasteiger partial charge in [0, 0.05) is 22.8 Å². The Kier molecular flexibility index (Phi) is 6.10. The van der Waals surface area contributed by atoms with Gasteiger partial charge in [0.15, 0.2) is 10.3 Å². The Hall–Kier alpha value is -3.17. The summed E-state index contributed by atoms with van der Waals surface area (Å²) < 4.78 is 20.6. The number of aromatic nitrogens is 3. The van der Waals surface area contributed by atoms with E-state index in [2.05, 4.69) is 15.3 Å². The van der Waals surface area contributed by atoms with E-state index < -0.39 is 0 Å². The van der Waals surface area contributed by atoms with E-state index in [4.69, 9.17) is 4.74 Å². The maximum atomic E-state index is 13.4. The van der Waals surface area contributed by atoms with Gasteiger partial charge in [0.25, 0.3) is 0 Å². The van der Waals surface area contributed by atoms with E-state index in [0.29, 0.717) is 10.3 Å². The molecule has 0 fully saturated rings. The zero-order valence-corrected chi connectivity index (χ0v) is 17.5. The monoisotopic (exact) mass is 440 g/mol. The summed E-state index contributed by atoms with van der Waals surface area (Å²) in [6, 6.07) is 13.8. The quantitative estimate of drug-likeness (QED) is 0.415. The number of imidazole rings is 1. The van der Waals surface area contributed by atoms with Crippen LogP contribution in [0.3, 0.4) is 0 Å². The summed E-state index contributed by atoms with van der Waals surface area (Å²) >= 11 is 2.68. The Morgan fingerprint density at radius 1 is 1.17 bits per heavy atom. The van der Waals surface area contributed by atoms with Gasteiger partial charge in [0.1, 0.15) is 11.6 Å². The van der Waals surface area contributed by atoms with Gasteiger partial charge in [-0.15, -0.1) is 11.3 Å². The van der Waals surface area contributed by atoms with Crippen molar-refractivity contribution in [2.24, 2.45) is 0 Å². The van der Waals surface area contributed by atoms with Crippen LogP contribution >= 0.6 is 23.1 Å². The number of amides is 1. The molecular weight excluding hydrogens is 423 g/mol. The van der Waals surface area contributed by atoms with E-state index in [1.807, 2.05) is 28.8 Å². The zero-order valence-electron chi connectivity index (χ0n) is 15.9. The number of thiazole rings is 1. The Labute approximate surface area is 180 Å². The third-order valence-corrected chi connectivity index (χ3v) is 5.85. The molecule has 1 amide bonds. The highest BCUT2D eigenvalue weighted by Gasteiger charge is 2.16. The van der Waals surface area contributed by atoms with E-state index in [1.165, 1.54) is 35.2 Å². The molecule has 2 heterocycles. The lowest BCUT2D eigenvalue weighted by atomic mass is 10.1. The summed E-state index contributed by atoms with van der Waals surface area (Å²) in [7, 11) is 1.61. The average Bonchev–Trinajstić information content (AvgIpc) is 3.43. The van der Waals surface area contributed by atoms with Crippen molar-refractivity contribution in [1.29, 1.82) is 0 Å². The molecule has 0 aliphatic carbocycles. The molecule has 2 aromatic carbocycles. The van der Waals surface area contributed by atoms with E-state index in [0.717, 1.165) is 22.7 Å². The third-order valence-electron chi connectivity index (χ3n) is 4.21. The Morgan fingerprint density at radius 3 is 2.60 bits per heavy atom. The zero-order chi connectivity index (χ0) is 20.9. The maximum Gasteiger partial charge on any atom is 0.236 e. The smallest absolute Gasteiger partial charge is 0.236 e. The van der Waals surface area contributed by atoms with Crippen LogP contribution in [0.25, 0.3) is 16.9 Å². The highest BCUT2D eigenvalue weighted by Crippen LogP contribution is 2.31. The molecule has 0 saturated carbocycles. The predicted molar refractivity (Wildman–Crippen MR) is 117 cm³/mol. The van der Waals surface area contributed by atoms with Crippen molar-refractivity contribution in [2.75, 3.05) is 18.2 Å². The van der Waals surface area contributed by atoms with Crippen LogP contribution in [0.5, 0.6) is 5.75 Å². The van der Waals surface area contributed by atoms with E-state index in [9.17, 15) is 9.18 Å². The number of carbonyl (C=O) groups is 1. The molecule has 0 radical (unpaired) electrons. The lowest BCUT2D eigenvalue weighted by molar-refractivity contribution is -0.113. The number of thioether (sulfide) groups is 1. The van der Waals surface area contributed by atoms with Gasteiger partial charge in [-0.05, 0) is 48.5 Å². The fourth-order valence-electron chi connectivity index (χ4n) is 2.81. The summed E-state index contributed by atoms with van der Waals surface area (Å²) in [6.45, 7) is 0. The van der Waals surface area contributed by atoms with Crippen molar-refractivity contribution in [3.05, 3.63) is 72.1 Å². The normalized spacial score (nSPS) is 10.7. The van der Waals surface area contributed by atoms with Crippen molar-refractivity contribution < 1.29 is 13.9 Å². The van der Waals surface area contributed by atoms with Crippen molar-refractivity contribution in [3.63, 3.8) is 0 Å². The number of carbonyl (C=O) groups excluding carboxylic acids is 1. The van der Waals surface area contributed by atoms with Gasteiger partial charge in [-0.3, -0.25) is 9.36 Å². The second-order valence-electron chi connectivity index (χ2n) is 6.14. The Bertz CT molecular complexity index is 1130. The number of halogens is 1. The molecule has 0 saturated heterocycles. The second kappa shape index (κ2) is 9.10. The highest BCUT2D eigenvalue weighted by atomic mass is 32.2. The average molecular weight is 441 g/mol. The molecule has 0 aliphatic rings. The fourth-order valence-corrected chi connectivity index (χ4v) is 4.15. The molecule has 0 bridgehead atoms. The Balaban J connectivity index is 1.63. The number of nitrogens with zero attached hydrogens (tertiary/aromatic N) is 3.